The van der Waals surface area contributed by atoms with Gasteiger partial charge < -0.3 is 9.53 Å². The Kier molecular flexibility index (Phi) is 4.28. The van der Waals surface area contributed by atoms with Gasteiger partial charge in [-0.15, -0.1) is 0 Å². The number of halogens is 1. The lowest BCUT2D eigenvalue weighted by molar-refractivity contribution is -0.116. The fourth-order valence-electron chi connectivity index (χ4n) is 1.29. The number of ketones is 1. The van der Waals surface area contributed by atoms with Crippen LogP contribution in [0.5, 0.6) is 5.75 Å². The summed E-state index contributed by atoms with van der Waals surface area (Å²) in [4.78, 5) is 10.8. The highest BCUT2D eigenvalue weighted by Crippen LogP contribution is 2.19. The Bertz CT molecular complexity index is 347. The molecule has 0 saturated carbocycles. The van der Waals surface area contributed by atoms with Gasteiger partial charge in [-0.1, -0.05) is 6.07 Å². The Labute approximate surface area is 89.1 Å². The summed E-state index contributed by atoms with van der Waals surface area (Å²) in [6.45, 7) is 3.79. The number of carbonyl (C=O) groups is 1. The lowest BCUT2D eigenvalue weighted by Gasteiger charge is -2.06. The molecular formula is C12H15FO2. The molecule has 1 aromatic rings. The summed E-state index contributed by atoms with van der Waals surface area (Å²) in [7, 11) is 0. The molecule has 0 unspecified atom stereocenters. The molecule has 0 aliphatic rings. The second-order valence-corrected chi connectivity index (χ2v) is 3.40. The van der Waals surface area contributed by atoms with Crippen molar-refractivity contribution in [2.45, 2.75) is 26.7 Å². The third kappa shape index (κ3) is 3.70. The van der Waals surface area contributed by atoms with E-state index in [1.54, 1.807) is 12.1 Å². The lowest BCUT2D eigenvalue weighted by atomic mass is 10.1. The van der Waals surface area contributed by atoms with Gasteiger partial charge in [0.25, 0.3) is 0 Å². The Hall–Kier alpha value is -1.38. The number of carbonyl (C=O) groups excluding carboxylic acids is 1. The summed E-state index contributed by atoms with van der Waals surface area (Å²) in [6.07, 6.45) is 1.03. The van der Waals surface area contributed by atoms with E-state index < -0.39 is 0 Å². The van der Waals surface area contributed by atoms with Gasteiger partial charge in [0.1, 0.15) is 5.78 Å². The van der Waals surface area contributed by atoms with E-state index in [2.05, 4.69) is 0 Å². The first kappa shape index (κ1) is 11.7. The highest BCUT2D eigenvalue weighted by molar-refractivity contribution is 5.75. The third-order valence-electron chi connectivity index (χ3n) is 2.06. The third-order valence-corrected chi connectivity index (χ3v) is 2.06. The average Bonchev–Trinajstić information content (AvgIpc) is 2.19. The predicted octanol–water partition coefficient (Wildman–Crippen LogP) is 2.75. The van der Waals surface area contributed by atoms with Crippen molar-refractivity contribution in [2.75, 3.05) is 6.61 Å². The van der Waals surface area contributed by atoms with Crippen molar-refractivity contribution in [3.05, 3.63) is 29.6 Å². The van der Waals surface area contributed by atoms with Gasteiger partial charge in [0, 0.05) is 6.42 Å². The van der Waals surface area contributed by atoms with Gasteiger partial charge in [0.2, 0.25) is 0 Å². The molecule has 0 saturated heterocycles. The van der Waals surface area contributed by atoms with Crippen LogP contribution in [0, 0.1) is 5.82 Å². The Morgan fingerprint density at radius 2 is 2.20 bits per heavy atom. The van der Waals surface area contributed by atoms with Gasteiger partial charge in [-0.05, 0) is 38.0 Å². The summed E-state index contributed by atoms with van der Waals surface area (Å²) in [5.74, 6) is 0.0197. The van der Waals surface area contributed by atoms with Crippen molar-refractivity contribution >= 4 is 5.78 Å². The summed E-state index contributed by atoms with van der Waals surface area (Å²) in [6, 6.07) is 4.82. The normalized spacial score (nSPS) is 10.1. The zero-order chi connectivity index (χ0) is 11.3. The minimum Gasteiger partial charge on any atom is -0.491 e. The molecule has 1 rings (SSSR count). The number of aryl methyl sites for hydroxylation is 1. The number of ether oxygens (including phenoxy) is 1. The molecule has 0 heterocycles. The van der Waals surface area contributed by atoms with Crippen molar-refractivity contribution in [2.24, 2.45) is 0 Å². The fourth-order valence-corrected chi connectivity index (χ4v) is 1.29. The van der Waals surface area contributed by atoms with E-state index >= 15 is 0 Å². The van der Waals surface area contributed by atoms with Crippen LogP contribution in [0.3, 0.4) is 0 Å². The topological polar surface area (TPSA) is 26.3 Å². The van der Waals surface area contributed by atoms with E-state index in [0.717, 1.165) is 5.56 Å². The zero-order valence-corrected chi connectivity index (χ0v) is 9.05. The van der Waals surface area contributed by atoms with Crippen LogP contribution in [0.15, 0.2) is 18.2 Å². The van der Waals surface area contributed by atoms with Crippen LogP contribution in [-0.4, -0.2) is 12.4 Å². The number of hydrogen-bond donors (Lipinski definition) is 0. The van der Waals surface area contributed by atoms with Gasteiger partial charge in [0.15, 0.2) is 11.6 Å². The van der Waals surface area contributed by atoms with Crippen molar-refractivity contribution in [1.29, 1.82) is 0 Å². The molecule has 0 fully saturated rings. The van der Waals surface area contributed by atoms with E-state index in [9.17, 15) is 9.18 Å². The average molecular weight is 210 g/mol. The molecule has 82 valence electrons. The molecule has 0 N–H and O–H groups in total. The molecule has 2 nitrogen and oxygen atoms in total. The summed E-state index contributed by atoms with van der Waals surface area (Å²) in [5, 5.41) is 0. The second-order valence-electron chi connectivity index (χ2n) is 3.40. The fraction of sp³-hybridized carbons (Fsp3) is 0.417. The quantitative estimate of drug-likeness (QED) is 0.747. The SMILES string of the molecule is CCOc1ccc(CCC(C)=O)cc1F. The van der Waals surface area contributed by atoms with Crippen LogP contribution in [0.2, 0.25) is 0 Å². The molecule has 0 amide bonds. The van der Waals surface area contributed by atoms with Gasteiger partial charge in [-0.25, -0.2) is 4.39 Å². The van der Waals surface area contributed by atoms with E-state index in [4.69, 9.17) is 4.74 Å². The van der Waals surface area contributed by atoms with Crippen molar-refractivity contribution < 1.29 is 13.9 Å². The molecule has 0 radical (unpaired) electrons. The van der Waals surface area contributed by atoms with Crippen molar-refractivity contribution in [3.63, 3.8) is 0 Å². The van der Waals surface area contributed by atoms with Gasteiger partial charge in [-0.3, -0.25) is 0 Å². The van der Waals surface area contributed by atoms with Crippen LogP contribution in [0.25, 0.3) is 0 Å². The smallest absolute Gasteiger partial charge is 0.165 e. The first-order valence-corrected chi connectivity index (χ1v) is 5.04. The summed E-state index contributed by atoms with van der Waals surface area (Å²) < 4.78 is 18.4. The van der Waals surface area contributed by atoms with Crippen molar-refractivity contribution in [1.82, 2.24) is 0 Å². The summed E-state index contributed by atoms with van der Waals surface area (Å²) >= 11 is 0. The number of rotatable bonds is 5. The van der Waals surface area contributed by atoms with Gasteiger partial charge in [0.05, 0.1) is 6.61 Å². The number of benzene rings is 1. The number of Topliss-reactive ketones (excluding diaryl/α,β-unsaturated/α-hetero) is 1. The zero-order valence-electron chi connectivity index (χ0n) is 9.05. The molecule has 15 heavy (non-hydrogen) atoms. The van der Waals surface area contributed by atoms with Crippen LogP contribution < -0.4 is 4.74 Å². The number of hydrogen-bond acceptors (Lipinski definition) is 2. The minimum atomic E-state index is -0.363. The first-order chi connectivity index (χ1) is 7.13. The Morgan fingerprint density at radius 3 is 2.73 bits per heavy atom. The predicted molar refractivity (Wildman–Crippen MR) is 56.6 cm³/mol. The Balaban J connectivity index is 2.68. The van der Waals surface area contributed by atoms with Gasteiger partial charge in [-0.2, -0.15) is 0 Å². The standard InChI is InChI=1S/C12H15FO2/c1-3-15-12-7-6-10(8-11(12)13)5-4-9(2)14/h6-8H,3-5H2,1-2H3. The van der Waals surface area contributed by atoms with Crippen LogP contribution in [0.4, 0.5) is 4.39 Å². The Morgan fingerprint density at radius 1 is 1.47 bits per heavy atom. The highest BCUT2D eigenvalue weighted by Gasteiger charge is 2.04. The van der Waals surface area contributed by atoms with Crippen LogP contribution in [0.1, 0.15) is 25.8 Å². The maximum Gasteiger partial charge on any atom is 0.165 e. The molecule has 1 aromatic carbocycles. The largest absolute Gasteiger partial charge is 0.491 e. The molecular weight excluding hydrogens is 195 g/mol. The molecule has 0 spiro atoms. The molecule has 3 heteroatoms. The first-order valence-electron chi connectivity index (χ1n) is 5.04. The summed E-state index contributed by atoms with van der Waals surface area (Å²) in [5.41, 5.74) is 0.825. The van der Waals surface area contributed by atoms with Gasteiger partial charge >= 0.3 is 0 Å². The molecule has 0 aromatic heterocycles. The van der Waals surface area contributed by atoms with E-state index in [1.165, 1.54) is 13.0 Å². The highest BCUT2D eigenvalue weighted by atomic mass is 19.1. The van der Waals surface area contributed by atoms with Crippen LogP contribution in [-0.2, 0) is 11.2 Å². The van der Waals surface area contributed by atoms with Crippen molar-refractivity contribution in [3.8, 4) is 5.75 Å². The lowest BCUT2D eigenvalue weighted by Crippen LogP contribution is -1.97. The molecule has 0 atom stereocenters. The molecule has 0 bridgehead atoms. The van der Waals surface area contributed by atoms with E-state index in [0.29, 0.717) is 19.4 Å². The monoisotopic (exact) mass is 210 g/mol. The van der Waals surface area contributed by atoms with E-state index in [-0.39, 0.29) is 17.3 Å². The second kappa shape index (κ2) is 5.49. The molecule has 0 aliphatic heterocycles. The van der Waals surface area contributed by atoms with Crippen LogP contribution >= 0.6 is 0 Å². The minimum absolute atomic E-state index is 0.115. The maximum absolute atomic E-state index is 13.4. The molecule has 0 aliphatic carbocycles. The maximum atomic E-state index is 13.4. The van der Waals surface area contributed by atoms with E-state index in [1.807, 2.05) is 6.92 Å².